The molecule has 0 radical (unpaired) electrons. The van der Waals surface area contributed by atoms with E-state index in [0.717, 1.165) is 11.3 Å². The first kappa shape index (κ1) is 18.7. The van der Waals surface area contributed by atoms with E-state index in [1.807, 2.05) is 55.5 Å². The minimum atomic E-state index is -0.177. The Bertz CT molecular complexity index is 719. The Morgan fingerprint density at radius 2 is 1.60 bits per heavy atom. The van der Waals surface area contributed by atoms with E-state index in [0.29, 0.717) is 12.5 Å². The van der Waals surface area contributed by atoms with Crippen molar-refractivity contribution in [3.63, 3.8) is 0 Å². The van der Waals surface area contributed by atoms with Crippen LogP contribution in [0.2, 0.25) is 0 Å². The van der Waals surface area contributed by atoms with Crippen molar-refractivity contribution in [2.45, 2.75) is 40.2 Å². The molecule has 0 aliphatic heterocycles. The van der Waals surface area contributed by atoms with Crippen LogP contribution in [0.3, 0.4) is 0 Å². The zero-order valence-electron chi connectivity index (χ0n) is 15.4. The Morgan fingerprint density at radius 3 is 2.12 bits per heavy atom. The van der Waals surface area contributed by atoms with Crippen molar-refractivity contribution in [3.05, 3.63) is 65.2 Å². The standard InChI is InChI=1S/C21H26N2O2/c1-15(2)19-9-11-20(12-10-19)23(17(4)24)14-21(25)22-13-18-7-5-16(3)6-8-18/h5-12,15H,13-14H2,1-4H3,(H,22,25). The highest BCUT2D eigenvalue weighted by Gasteiger charge is 2.16. The second-order valence-electron chi connectivity index (χ2n) is 6.61. The van der Waals surface area contributed by atoms with Gasteiger partial charge >= 0.3 is 0 Å². The fourth-order valence-corrected chi connectivity index (χ4v) is 2.53. The molecule has 0 atom stereocenters. The zero-order chi connectivity index (χ0) is 18.4. The smallest absolute Gasteiger partial charge is 0.240 e. The Hall–Kier alpha value is -2.62. The van der Waals surface area contributed by atoms with Crippen molar-refractivity contribution in [2.24, 2.45) is 0 Å². The van der Waals surface area contributed by atoms with Crippen LogP contribution in [0.25, 0.3) is 0 Å². The van der Waals surface area contributed by atoms with Crippen LogP contribution in [0.4, 0.5) is 5.69 Å². The van der Waals surface area contributed by atoms with Gasteiger partial charge < -0.3 is 10.2 Å². The van der Waals surface area contributed by atoms with Gasteiger partial charge in [0.25, 0.3) is 0 Å². The molecule has 132 valence electrons. The molecule has 0 heterocycles. The molecule has 2 rings (SSSR count). The summed E-state index contributed by atoms with van der Waals surface area (Å²) in [6.45, 7) is 8.22. The molecule has 0 spiro atoms. The monoisotopic (exact) mass is 338 g/mol. The van der Waals surface area contributed by atoms with Crippen LogP contribution in [0, 0.1) is 6.92 Å². The lowest BCUT2D eigenvalue weighted by Crippen LogP contribution is -2.39. The summed E-state index contributed by atoms with van der Waals surface area (Å²) in [4.78, 5) is 25.7. The fourth-order valence-electron chi connectivity index (χ4n) is 2.53. The quantitative estimate of drug-likeness (QED) is 0.871. The van der Waals surface area contributed by atoms with Gasteiger partial charge in [0.15, 0.2) is 0 Å². The number of hydrogen-bond donors (Lipinski definition) is 1. The van der Waals surface area contributed by atoms with Crippen LogP contribution in [-0.2, 0) is 16.1 Å². The van der Waals surface area contributed by atoms with Gasteiger partial charge in [-0.15, -0.1) is 0 Å². The molecule has 0 fully saturated rings. The van der Waals surface area contributed by atoms with Crippen molar-refractivity contribution in [2.75, 3.05) is 11.4 Å². The number of benzene rings is 2. The first-order valence-electron chi connectivity index (χ1n) is 8.57. The lowest BCUT2D eigenvalue weighted by atomic mass is 10.0. The van der Waals surface area contributed by atoms with Gasteiger partial charge in [0.05, 0.1) is 0 Å². The summed E-state index contributed by atoms with van der Waals surface area (Å²) < 4.78 is 0. The number of nitrogens with zero attached hydrogens (tertiary/aromatic N) is 1. The average molecular weight is 338 g/mol. The largest absolute Gasteiger partial charge is 0.350 e. The van der Waals surface area contributed by atoms with Crippen molar-refractivity contribution in [3.8, 4) is 0 Å². The molecule has 4 heteroatoms. The Labute approximate surface area is 149 Å². The molecule has 25 heavy (non-hydrogen) atoms. The topological polar surface area (TPSA) is 49.4 Å². The van der Waals surface area contributed by atoms with E-state index in [9.17, 15) is 9.59 Å². The maximum atomic E-state index is 12.2. The number of amides is 2. The maximum Gasteiger partial charge on any atom is 0.240 e. The van der Waals surface area contributed by atoms with E-state index >= 15 is 0 Å². The first-order valence-corrected chi connectivity index (χ1v) is 8.57. The second kappa shape index (κ2) is 8.47. The van der Waals surface area contributed by atoms with Crippen LogP contribution in [0.1, 0.15) is 43.4 Å². The Balaban J connectivity index is 1.99. The molecular formula is C21H26N2O2. The highest BCUT2D eigenvalue weighted by Crippen LogP contribution is 2.20. The third-order valence-electron chi connectivity index (χ3n) is 4.16. The van der Waals surface area contributed by atoms with Crippen LogP contribution in [0.5, 0.6) is 0 Å². The number of nitrogens with one attached hydrogen (secondary N) is 1. The highest BCUT2D eigenvalue weighted by molar-refractivity contribution is 5.97. The van der Waals surface area contributed by atoms with E-state index in [2.05, 4.69) is 19.2 Å². The van der Waals surface area contributed by atoms with Crippen molar-refractivity contribution in [1.82, 2.24) is 5.32 Å². The minimum absolute atomic E-state index is 0.0161. The SMILES string of the molecule is CC(=O)N(CC(=O)NCc1ccc(C)cc1)c1ccc(C(C)C)cc1. The molecule has 0 bridgehead atoms. The normalized spacial score (nSPS) is 10.6. The maximum absolute atomic E-state index is 12.2. The fraction of sp³-hybridized carbons (Fsp3) is 0.333. The molecule has 4 nitrogen and oxygen atoms in total. The van der Waals surface area contributed by atoms with E-state index < -0.39 is 0 Å². The van der Waals surface area contributed by atoms with Gasteiger partial charge in [-0.05, 0) is 36.1 Å². The van der Waals surface area contributed by atoms with Crippen molar-refractivity contribution < 1.29 is 9.59 Å². The number of carbonyl (C=O) groups excluding carboxylic acids is 2. The van der Waals surface area contributed by atoms with E-state index in [1.165, 1.54) is 23.0 Å². The van der Waals surface area contributed by atoms with E-state index in [1.54, 1.807) is 0 Å². The predicted octanol–water partition coefficient (Wildman–Crippen LogP) is 3.79. The van der Waals surface area contributed by atoms with E-state index in [-0.39, 0.29) is 18.4 Å². The van der Waals surface area contributed by atoms with E-state index in [4.69, 9.17) is 0 Å². The average Bonchev–Trinajstić information content (AvgIpc) is 2.59. The summed E-state index contributed by atoms with van der Waals surface area (Å²) >= 11 is 0. The van der Waals surface area contributed by atoms with Crippen LogP contribution < -0.4 is 10.2 Å². The summed E-state index contributed by atoms with van der Waals surface area (Å²) in [7, 11) is 0. The molecule has 0 aliphatic carbocycles. The third kappa shape index (κ3) is 5.45. The van der Waals surface area contributed by atoms with Crippen LogP contribution >= 0.6 is 0 Å². The Kier molecular flexibility index (Phi) is 6.34. The Morgan fingerprint density at radius 1 is 1.00 bits per heavy atom. The van der Waals surface area contributed by atoms with Gasteiger partial charge in [0.1, 0.15) is 6.54 Å². The number of hydrogen-bond acceptors (Lipinski definition) is 2. The molecule has 1 N–H and O–H groups in total. The molecule has 2 amide bonds. The number of carbonyl (C=O) groups is 2. The van der Waals surface area contributed by atoms with Crippen molar-refractivity contribution in [1.29, 1.82) is 0 Å². The van der Waals surface area contributed by atoms with Gasteiger partial charge in [-0.2, -0.15) is 0 Å². The second-order valence-corrected chi connectivity index (χ2v) is 6.61. The zero-order valence-corrected chi connectivity index (χ0v) is 15.4. The lowest BCUT2D eigenvalue weighted by molar-refractivity contribution is -0.123. The van der Waals surface area contributed by atoms with Crippen LogP contribution in [0.15, 0.2) is 48.5 Å². The lowest BCUT2D eigenvalue weighted by Gasteiger charge is -2.21. The molecule has 0 saturated heterocycles. The molecule has 2 aromatic carbocycles. The highest BCUT2D eigenvalue weighted by atomic mass is 16.2. The van der Waals surface area contributed by atoms with Crippen molar-refractivity contribution >= 4 is 17.5 Å². The molecule has 0 saturated carbocycles. The van der Waals surface area contributed by atoms with Gasteiger partial charge in [0.2, 0.25) is 11.8 Å². The number of rotatable bonds is 6. The van der Waals surface area contributed by atoms with Gasteiger partial charge in [0, 0.05) is 19.2 Å². The summed E-state index contributed by atoms with van der Waals surface area (Å²) in [5.74, 6) is 0.101. The summed E-state index contributed by atoms with van der Waals surface area (Å²) in [5, 5.41) is 2.87. The summed E-state index contributed by atoms with van der Waals surface area (Å²) in [5.41, 5.74) is 4.16. The molecule has 0 aliphatic rings. The van der Waals surface area contributed by atoms with Gasteiger partial charge in [-0.25, -0.2) is 0 Å². The minimum Gasteiger partial charge on any atom is -0.350 e. The first-order chi connectivity index (χ1) is 11.9. The molecular weight excluding hydrogens is 312 g/mol. The van der Waals surface area contributed by atoms with Gasteiger partial charge in [-0.3, -0.25) is 9.59 Å². The van der Waals surface area contributed by atoms with Gasteiger partial charge in [-0.1, -0.05) is 55.8 Å². The number of anilines is 1. The third-order valence-corrected chi connectivity index (χ3v) is 4.16. The summed E-state index contributed by atoms with van der Waals surface area (Å²) in [6, 6.07) is 15.8. The summed E-state index contributed by atoms with van der Waals surface area (Å²) in [6.07, 6.45) is 0. The molecule has 0 unspecified atom stereocenters. The predicted molar refractivity (Wildman–Crippen MR) is 102 cm³/mol. The molecule has 2 aromatic rings. The van der Waals surface area contributed by atoms with Crippen LogP contribution in [-0.4, -0.2) is 18.4 Å². The molecule has 0 aromatic heterocycles. The number of aryl methyl sites for hydroxylation is 1.